The van der Waals surface area contributed by atoms with Crippen molar-refractivity contribution in [1.82, 2.24) is 4.98 Å². The highest BCUT2D eigenvalue weighted by Gasteiger charge is 2.18. The molecule has 2 aromatic rings. The van der Waals surface area contributed by atoms with E-state index in [1.54, 1.807) is 12.1 Å². The van der Waals surface area contributed by atoms with E-state index in [2.05, 4.69) is 9.71 Å². The van der Waals surface area contributed by atoms with Gasteiger partial charge in [-0.3, -0.25) is 4.72 Å². The molecule has 0 amide bonds. The molecule has 20 heavy (non-hydrogen) atoms. The van der Waals surface area contributed by atoms with E-state index < -0.39 is 10.0 Å². The minimum Gasteiger partial charge on any atom is -0.495 e. The molecule has 0 saturated heterocycles. The third-order valence-corrected chi connectivity index (χ3v) is 4.14. The first kappa shape index (κ1) is 14.4. The summed E-state index contributed by atoms with van der Waals surface area (Å²) >= 11 is 0. The van der Waals surface area contributed by atoms with Crippen molar-refractivity contribution < 1.29 is 18.3 Å². The van der Waals surface area contributed by atoms with Gasteiger partial charge >= 0.3 is 0 Å². The van der Waals surface area contributed by atoms with Gasteiger partial charge in [-0.05, 0) is 30.7 Å². The minimum atomic E-state index is -3.72. The highest BCUT2D eigenvalue weighted by Crippen LogP contribution is 2.27. The van der Waals surface area contributed by atoms with Crippen molar-refractivity contribution in [1.29, 1.82) is 0 Å². The maximum atomic E-state index is 12.2. The van der Waals surface area contributed by atoms with Crippen molar-refractivity contribution >= 4 is 15.7 Å². The van der Waals surface area contributed by atoms with Gasteiger partial charge in [0.05, 0.1) is 19.4 Å². The number of aliphatic hydroxyl groups is 1. The lowest BCUT2D eigenvalue weighted by molar-refractivity contribution is 0.277. The molecule has 0 fully saturated rings. The van der Waals surface area contributed by atoms with Crippen LogP contribution in [0.15, 0.2) is 35.4 Å². The van der Waals surface area contributed by atoms with Gasteiger partial charge in [0.15, 0.2) is 0 Å². The highest BCUT2D eigenvalue weighted by atomic mass is 32.2. The van der Waals surface area contributed by atoms with Crippen molar-refractivity contribution in [3.05, 3.63) is 41.7 Å². The van der Waals surface area contributed by atoms with Crippen LogP contribution in [0.3, 0.4) is 0 Å². The van der Waals surface area contributed by atoms with Crippen molar-refractivity contribution in [2.45, 2.75) is 18.4 Å². The fraction of sp³-hybridized carbons (Fsp3) is 0.231. The van der Waals surface area contributed by atoms with E-state index in [0.717, 1.165) is 5.56 Å². The molecule has 0 aliphatic heterocycles. The second-order valence-electron chi connectivity index (χ2n) is 4.33. The fourth-order valence-corrected chi connectivity index (χ4v) is 2.85. The van der Waals surface area contributed by atoms with Crippen LogP contribution < -0.4 is 9.46 Å². The van der Waals surface area contributed by atoms with E-state index in [0.29, 0.717) is 17.1 Å². The first-order valence-corrected chi connectivity index (χ1v) is 7.40. The number of hydrogen-bond donors (Lipinski definition) is 3. The molecular formula is C13H16N2O4S. The number of aryl methyl sites for hydroxylation is 1. The van der Waals surface area contributed by atoms with Crippen LogP contribution in [0, 0.1) is 6.92 Å². The fourth-order valence-electron chi connectivity index (χ4n) is 1.77. The van der Waals surface area contributed by atoms with Gasteiger partial charge in [0.25, 0.3) is 10.0 Å². The lowest BCUT2D eigenvalue weighted by atomic mass is 10.2. The average molecular weight is 296 g/mol. The van der Waals surface area contributed by atoms with Gasteiger partial charge in [0.1, 0.15) is 10.6 Å². The monoisotopic (exact) mass is 296 g/mol. The van der Waals surface area contributed by atoms with E-state index in [1.807, 2.05) is 13.0 Å². The molecule has 0 radical (unpaired) electrons. The molecule has 108 valence electrons. The van der Waals surface area contributed by atoms with Crippen LogP contribution in [0.25, 0.3) is 0 Å². The zero-order chi connectivity index (χ0) is 14.8. The van der Waals surface area contributed by atoms with Crippen LogP contribution in [0.2, 0.25) is 0 Å². The molecule has 0 atom stereocenters. The molecular weight excluding hydrogens is 280 g/mol. The third-order valence-electron chi connectivity index (χ3n) is 2.80. The number of benzene rings is 1. The number of aliphatic hydroxyl groups excluding tert-OH is 1. The summed E-state index contributed by atoms with van der Waals surface area (Å²) in [6, 6.07) is 6.60. The Hall–Kier alpha value is -1.99. The zero-order valence-corrected chi connectivity index (χ0v) is 12.0. The molecule has 0 saturated carbocycles. The van der Waals surface area contributed by atoms with E-state index >= 15 is 0 Å². The molecule has 1 aromatic heterocycles. The molecule has 0 aliphatic carbocycles. The van der Waals surface area contributed by atoms with Gasteiger partial charge in [0, 0.05) is 11.9 Å². The lowest BCUT2D eigenvalue weighted by Crippen LogP contribution is -2.13. The zero-order valence-electron chi connectivity index (χ0n) is 11.2. The molecule has 0 bridgehead atoms. The summed E-state index contributed by atoms with van der Waals surface area (Å²) in [6.45, 7) is 1.61. The molecule has 7 heteroatoms. The second-order valence-corrected chi connectivity index (χ2v) is 6.01. The Morgan fingerprint density at radius 2 is 2.10 bits per heavy atom. The van der Waals surface area contributed by atoms with E-state index in [1.165, 1.54) is 19.4 Å². The van der Waals surface area contributed by atoms with Crippen molar-refractivity contribution in [2.24, 2.45) is 0 Å². The number of sulfonamides is 1. The van der Waals surface area contributed by atoms with Crippen LogP contribution >= 0.6 is 0 Å². The lowest BCUT2D eigenvalue weighted by Gasteiger charge is -2.11. The summed E-state index contributed by atoms with van der Waals surface area (Å²) < 4.78 is 32.1. The highest BCUT2D eigenvalue weighted by molar-refractivity contribution is 7.92. The van der Waals surface area contributed by atoms with E-state index in [9.17, 15) is 8.42 Å². The van der Waals surface area contributed by atoms with Crippen molar-refractivity contribution in [3.8, 4) is 5.75 Å². The standard InChI is InChI=1S/C13H16N2O4S/c1-9-3-4-13(19-2)12(5-9)15-20(17,18)11-6-10(8-16)14-7-11/h3-7,14-16H,8H2,1-2H3. The number of hydrogen-bond acceptors (Lipinski definition) is 4. The number of methoxy groups -OCH3 is 1. The average Bonchev–Trinajstić information content (AvgIpc) is 2.88. The maximum Gasteiger partial charge on any atom is 0.263 e. The molecule has 0 aliphatic rings. The maximum absolute atomic E-state index is 12.2. The van der Waals surface area contributed by atoms with Gasteiger partial charge in [-0.1, -0.05) is 6.07 Å². The van der Waals surface area contributed by atoms with Crippen LogP contribution in [-0.4, -0.2) is 25.6 Å². The summed E-state index contributed by atoms with van der Waals surface area (Å²) in [5.41, 5.74) is 1.72. The summed E-state index contributed by atoms with van der Waals surface area (Å²) in [5, 5.41) is 8.96. The SMILES string of the molecule is COc1ccc(C)cc1NS(=O)(=O)c1c[nH]c(CO)c1. The Kier molecular flexibility index (Phi) is 4.01. The third kappa shape index (κ3) is 2.94. The number of rotatable bonds is 5. The first-order chi connectivity index (χ1) is 9.46. The second kappa shape index (κ2) is 5.56. The van der Waals surface area contributed by atoms with Gasteiger partial charge in [-0.2, -0.15) is 0 Å². The summed E-state index contributed by atoms with van der Waals surface area (Å²) in [4.78, 5) is 2.75. The quantitative estimate of drug-likeness (QED) is 0.782. The Morgan fingerprint density at radius 1 is 1.35 bits per heavy atom. The molecule has 3 N–H and O–H groups in total. The Labute approximate surface area is 117 Å². The molecule has 6 nitrogen and oxygen atoms in total. The number of aromatic nitrogens is 1. The topological polar surface area (TPSA) is 91.4 Å². The largest absolute Gasteiger partial charge is 0.495 e. The normalized spacial score (nSPS) is 11.3. The number of anilines is 1. The first-order valence-electron chi connectivity index (χ1n) is 5.92. The Balaban J connectivity index is 2.35. The predicted molar refractivity (Wildman–Crippen MR) is 75.3 cm³/mol. The minimum absolute atomic E-state index is 0.0603. The van der Waals surface area contributed by atoms with E-state index in [-0.39, 0.29) is 11.5 Å². The summed E-state index contributed by atoms with van der Waals surface area (Å²) in [7, 11) is -2.25. The van der Waals surface area contributed by atoms with Crippen molar-refractivity contribution in [2.75, 3.05) is 11.8 Å². The predicted octanol–water partition coefficient (Wildman–Crippen LogP) is 1.62. The van der Waals surface area contributed by atoms with Gasteiger partial charge < -0.3 is 14.8 Å². The Morgan fingerprint density at radius 3 is 2.70 bits per heavy atom. The molecule has 2 rings (SSSR count). The number of H-pyrrole nitrogens is 1. The molecule has 1 heterocycles. The van der Waals surface area contributed by atoms with Gasteiger partial charge in [-0.25, -0.2) is 8.42 Å². The molecule has 0 unspecified atom stereocenters. The van der Waals surface area contributed by atoms with Crippen LogP contribution in [0.4, 0.5) is 5.69 Å². The van der Waals surface area contributed by atoms with Gasteiger partial charge in [0.2, 0.25) is 0 Å². The molecule has 1 aromatic carbocycles. The summed E-state index contributed by atoms with van der Waals surface area (Å²) in [5.74, 6) is 0.442. The van der Waals surface area contributed by atoms with Gasteiger partial charge in [-0.15, -0.1) is 0 Å². The number of aromatic amines is 1. The number of ether oxygens (including phenoxy) is 1. The Bertz CT molecular complexity index is 707. The van der Waals surface area contributed by atoms with Crippen LogP contribution in [-0.2, 0) is 16.6 Å². The smallest absolute Gasteiger partial charge is 0.263 e. The van der Waals surface area contributed by atoms with E-state index in [4.69, 9.17) is 9.84 Å². The van der Waals surface area contributed by atoms with Crippen LogP contribution in [0.1, 0.15) is 11.3 Å². The van der Waals surface area contributed by atoms with Crippen molar-refractivity contribution in [3.63, 3.8) is 0 Å². The van der Waals surface area contributed by atoms with Crippen LogP contribution in [0.5, 0.6) is 5.75 Å². The number of nitrogens with one attached hydrogen (secondary N) is 2. The molecule has 0 spiro atoms. The summed E-state index contributed by atoms with van der Waals surface area (Å²) in [6.07, 6.45) is 1.33.